The first-order valence-electron chi connectivity index (χ1n) is 17.3. The van der Waals surface area contributed by atoms with E-state index in [1.807, 2.05) is 0 Å². The number of rotatable bonds is 33. The molecule has 0 saturated carbocycles. The third kappa shape index (κ3) is 33.9. The van der Waals surface area contributed by atoms with Crippen molar-refractivity contribution in [3.05, 3.63) is 0 Å². The van der Waals surface area contributed by atoms with Crippen LogP contribution in [0.25, 0.3) is 0 Å². The molecule has 0 bridgehead atoms. The highest BCUT2D eigenvalue weighted by Crippen LogP contribution is 2.13. The van der Waals surface area contributed by atoms with Crippen LogP contribution in [0.2, 0.25) is 0 Å². The molecule has 0 radical (unpaired) electrons. The Bertz CT molecular complexity index is 323. The van der Waals surface area contributed by atoms with Gasteiger partial charge in [0.1, 0.15) is 0 Å². The van der Waals surface area contributed by atoms with Gasteiger partial charge in [-0.05, 0) is 51.9 Å². The van der Waals surface area contributed by atoms with Crippen LogP contribution in [-0.4, -0.2) is 26.2 Å². The van der Waals surface area contributed by atoms with Crippen molar-refractivity contribution >= 4 is 0 Å². The summed E-state index contributed by atoms with van der Waals surface area (Å²) in [5.74, 6) is 0. The monoisotopic (exact) mass is 509 g/mol. The second kappa shape index (κ2) is 34.9. The topological polar surface area (TPSA) is 24.1 Å². The van der Waals surface area contributed by atoms with Gasteiger partial charge >= 0.3 is 0 Å². The predicted octanol–water partition coefficient (Wildman–Crippen LogP) is 11.1. The molecule has 0 spiro atoms. The number of hydrogen-bond donors (Lipinski definition) is 2. The van der Waals surface area contributed by atoms with E-state index in [1.165, 1.54) is 206 Å². The maximum Gasteiger partial charge on any atom is -0.00489 e. The highest BCUT2D eigenvalue weighted by molar-refractivity contribution is 4.55. The summed E-state index contributed by atoms with van der Waals surface area (Å²) < 4.78 is 0. The van der Waals surface area contributed by atoms with Gasteiger partial charge in [-0.15, -0.1) is 0 Å². The molecule has 0 aromatic rings. The van der Waals surface area contributed by atoms with Crippen molar-refractivity contribution in [2.45, 2.75) is 194 Å². The summed E-state index contributed by atoms with van der Waals surface area (Å²) in [5, 5.41) is 7.32. The van der Waals surface area contributed by atoms with Crippen LogP contribution in [0.4, 0.5) is 0 Å². The molecule has 0 amide bonds. The molecular formula is C34H72N2. The molecule has 0 aromatic heterocycles. The predicted molar refractivity (Wildman–Crippen MR) is 166 cm³/mol. The molecule has 2 N–H and O–H groups in total. The minimum absolute atomic E-state index is 1.23. The zero-order chi connectivity index (χ0) is 26.0. The number of nitrogens with one attached hydrogen (secondary N) is 2. The lowest BCUT2D eigenvalue weighted by Gasteiger charge is -2.07. The first-order valence-corrected chi connectivity index (χ1v) is 17.3. The first kappa shape index (κ1) is 35.9. The highest BCUT2D eigenvalue weighted by atomic mass is 14.8. The van der Waals surface area contributed by atoms with Crippen LogP contribution in [0, 0.1) is 0 Å². The Morgan fingerprint density at radius 1 is 0.222 bits per heavy atom. The van der Waals surface area contributed by atoms with Gasteiger partial charge in [-0.25, -0.2) is 0 Å². The molecule has 0 fully saturated rings. The first-order chi connectivity index (χ1) is 17.9. The summed E-state index contributed by atoms with van der Waals surface area (Å²) in [4.78, 5) is 0. The van der Waals surface area contributed by atoms with E-state index in [2.05, 4.69) is 24.5 Å². The van der Waals surface area contributed by atoms with Gasteiger partial charge in [-0.2, -0.15) is 0 Å². The van der Waals surface area contributed by atoms with Crippen molar-refractivity contribution in [2.24, 2.45) is 0 Å². The zero-order valence-electron chi connectivity index (χ0n) is 25.6. The van der Waals surface area contributed by atoms with Gasteiger partial charge in [0, 0.05) is 0 Å². The highest BCUT2D eigenvalue weighted by Gasteiger charge is 1.96. The van der Waals surface area contributed by atoms with Crippen LogP contribution in [0.1, 0.15) is 194 Å². The summed E-state index contributed by atoms with van der Waals surface area (Å²) >= 11 is 0. The van der Waals surface area contributed by atoms with Gasteiger partial charge in [0.05, 0.1) is 0 Å². The Morgan fingerprint density at radius 2 is 0.389 bits per heavy atom. The fourth-order valence-electron chi connectivity index (χ4n) is 5.29. The van der Waals surface area contributed by atoms with Gasteiger partial charge in [0.15, 0.2) is 0 Å². The summed E-state index contributed by atoms with van der Waals surface area (Å²) in [6.45, 7) is 9.53. The van der Waals surface area contributed by atoms with Crippen molar-refractivity contribution < 1.29 is 0 Å². The second-order valence-electron chi connectivity index (χ2n) is 11.7. The van der Waals surface area contributed by atoms with Gasteiger partial charge in [0.25, 0.3) is 0 Å². The smallest absolute Gasteiger partial charge is 0.00489 e. The Kier molecular flexibility index (Phi) is 34.8. The van der Waals surface area contributed by atoms with E-state index in [0.29, 0.717) is 0 Å². The van der Waals surface area contributed by atoms with E-state index in [9.17, 15) is 0 Å². The second-order valence-corrected chi connectivity index (χ2v) is 11.7. The minimum atomic E-state index is 1.23. The third-order valence-electron chi connectivity index (χ3n) is 7.87. The fraction of sp³-hybridized carbons (Fsp3) is 1.00. The van der Waals surface area contributed by atoms with Crippen molar-refractivity contribution in [3.63, 3.8) is 0 Å². The summed E-state index contributed by atoms with van der Waals surface area (Å²) in [6.07, 6.45) is 40.2. The molecule has 0 aliphatic carbocycles. The fourth-order valence-corrected chi connectivity index (χ4v) is 5.29. The average Bonchev–Trinajstić information content (AvgIpc) is 2.89. The van der Waals surface area contributed by atoms with Gasteiger partial charge in [-0.1, -0.05) is 168 Å². The molecular weight excluding hydrogens is 436 g/mol. The molecule has 0 unspecified atom stereocenters. The van der Waals surface area contributed by atoms with Crippen LogP contribution < -0.4 is 10.6 Å². The molecule has 2 heteroatoms. The van der Waals surface area contributed by atoms with Crippen molar-refractivity contribution in [1.29, 1.82) is 0 Å². The van der Waals surface area contributed by atoms with E-state index in [4.69, 9.17) is 0 Å². The zero-order valence-corrected chi connectivity index (χ0v) is 25.6. The molecule has 2 nitrogen and oxygen atoms in total. The maximum absolute atomic E-state index is 3.66. The van der Waals surface area contributed by atoms with Crippen molar-refractivity contribution in [1.82, 2.24) is 10.6 Å². The lowest BCUT2D eigenvalue weighted by molar-refractivity contribution is 0.520. The molecule has 0 atom stereocenters. The minimum Gasteiger partial charge on any atom is -0.317 e. The Hall–Kier alpha value is -0.0800. The largest absolute Gasteiger partial charge is 0.317 e. The molecule has 0 heterocycles. The molecule has 218 valence electrons. The molecule has 0 aliphatic heterocycles. The standard InChI is InChI=1S/C34H72N2/c1-3-5-7-9-11-13-15-17-19-21-23-27-31-35-33-29-25-26-30-34-36-32-28-24-22-20-18-16-14-12-10-8-6-4-2/h35-36H,3-34H2,1-2H3. The average molecular weight is 509 g/mol. The van der Waals surface area contributed by atoms with E-state index in [-0.39, 0.29) is 0 Å². The van der Waals surface area contributed by atoms with Gasteiger partial charge in [0.2, 0.25) is 0 Å². The summed E-state index contributed by atoms with van der Waals surface area (Å²) in [5.41, 5.74) is 0. The van der Waals surface area contributed by atoms with E-state index < -0.39 is 0 Å². The van der Waals surface area contributed by atoms with Crippen LogP contribution in [0.5, 0.6) is 0 Å². The Morgan fingerprint density at radius 3 is 0.583 bits per heavy atom. The lowest BCUT2D eigenvalue weighted by atomic mass is 10.1. The van der Waals surface area contributed by atoms with E-state index in [0.717, 1.165) is 0 Å². The summed E-state index contributed by atoms with van der Waals surface area (Å²) in [7, 11) is 0. The van der Waals surface area contributed by atoms with Crippen LogP contribution in [0.15, 0.2) is 0 Å². The van der Waals surface area contributed by atoms with E-state index >= 15 is 0 Å². The summed E-state index contributed by atoms with van der Waals surface area (Å²) in [6, 6.07) is 0. The normalized spacial score (nSPS) is 11.5. The third-order valence-corrected chi connectivity index (χ3v) is 7.87. The van der Waals surface area contributed by atoms with E-state index in [1.54, 1.807) is 0 Å². The van der Waals surface area contributed by atoms with Crippen LogP contribution >= 0.6 is 0 Å². The quantitative estimate of drug-likeness (QED) is 0.0861. The number of unbranched alkanes of at least 4 members (excludes halogenated alkanes) is 25. The van der Waals surface area contributed by atoms with Crippen molar-refractivity contribution in [3.8, 4) is 0 Å². The van der Waals surface area contributed by atoms with Crippen LogP contribution in [0.3, 0.4) is 0 Å². The maximum atomic E-state index is 3.66. The number of hydrogen-bond acceptors (Lipinski definition) is 2. The van der Waals surface area contributed by atoms with Crippen LogP contribution in [-0.2, 0) is 0 Å². The molecule has 0 aliphatic rings. The van der Waals surface area contributed by atoms with Crippen molar-refractivity contribution in [2.75, 3.05) is 26.2 Å². The molecule has 0 aromatic carbocycles. The molecule has 36 heavy (non-hydrogen) atoms. The van der Waals surface area contributed by atoms with Gasteiger partial charge in [-0.3, -0.25) is 0 Å². The molecule has 0 rings (SSSR count). The Balaban J connectivity index is 3.00. The molecule has 0 saturated heterocycles. The Labute approximate surface area is 230 Å². The SMILES string of the molecule is CCCCCCCCCCCCCCNCCCCCCNCCCCCCCCCCCCCC. The van der Waals surface area contributed by atoms with Gasteiger partial charge < -0.3 is 10.6 Å². The lowest BCUT2D eigenvalue weighted by Crippen LogP contribution is -2.17.